The number of methoxy groups -OCH3 is 1. The van der Waals surface area contributed by atoms with Gasteiger partial charge in [-0.25, -0.2) is 0 Å². The Kier molecular flexibility index (Phi) is 3.40. The molecule has 0 saturated heterocycles. The molecule has 2 N–H and O–H groups in total. The maximum Gasteiger partial charge on any atom is 0.168 e. The SMILES string of the molecule is COC1CC2=CCC=C[C@]2(C)[C@@H]2CC[C@@]3(C)[C@@H](CCC3(O)O)[C@H]12. The number of fused-ring (bicyclic) bond motifs is 5. The van der Waals surface area contributed by atoms with Gasteiger partial charge in [0.25, 0.3) is 0 Å². The predicted octanol–water partition coefficient (Wildman–Crippen LogP) is 3.42. The molecule has 6 atom stereocenters. The lowest BCUT2D eigenvalue weighted by Crippen LogP contribution is -2.58. The van der Waals surface area contributed by atoms with Crippen molar-refractivity contribution < 1.29 is 14.9 Å². The van der Waals surface area contributed by atoms with Gasteiger partial charge in [-0.3, -0.25) is 0 Å². The number of rotatable bonds is 1. The van der Waals surface area contributed by atoms with Crippen LogP contribution in [0.4, 0.5) is 0 Å². The fourth-order valence-corrected chi connectivity index (χ4v) is 6.52. The van der Waals surface area contributed by atoms with Gasteiger partial charge < -0.3 is 14.9 Å². The van der Waals surface area contributed by atoms with Gasteiger partial charge in [0.2, 0.25) is 0 Å². The summed E-state index contributed by atoms with van der Waals surface area (Å²) >= 11 is 0. The second-order valence-electron chi connectivity index (χ2n) is 8.73. The number of allylic oxidation sites excluding steroid dienone is 3. The molecule has 23 heavy (non-hydrogen) atoms. The van der Waals surface area contributed by atoms with E-state index in [2.05, 4.69) is 32.1 Å². The molecule has 0 aliphatic heterocycles. The van der Waals surface area contributed by atoms with Crippen LogP contribution in [0.15, 0.2) is 23.8 Å². The van der Waals surface area contributed by atoms with Gasteiger partial charge in [0, 0.05) is 24.4 Å². The molecule has 0 heterocycles. The predicted molar refractivity (Wildman–Crippen MR) is 89.6 cm³/mol. The van der Waals surface area contributed by atoms with Crippen LogP contribution in [0, 0.1) is 28.6 Å². The van der Waals surface area contributed by atoms with Crippen molar-refractivity contribution in [1.29, 1.82) is 0 Å². The summed E-state index contributed by atoms with van der Waals surface area (Å²) in [6, 6.07) is 0. The van der Waals surface area contributed by atoms with Crippen LogP contribution in [-0.4, -0.2) is 29.2 Å². The summed E-state index contributed by atoms with van der Waals surface area (Å²) in [5.41, 5.74) is 1.28. The lowest BCUT2D eigenvalue weighted by atomic mass is 9.47. The van der Waals surface area contributed by atoms with Crippen molar-refractivity contribution in [2.24, 2.45) is 28.6 Å². The Balaban J connectivity index is 1.77. The molecular formula is C20H30O3. The Morgan fingerprint density at radius 2 is 1.87 bits per heavy atom. The summed E-state index contributed by atoms with van der Waals surface area (Å²) in [5.74, 6) is -0.198. The minimum absolute atomic E-state index is 0.134. The molecule has 3 nitrogen and oxygen atoms in total. The lowest BCUT2D eigenvalue weighted by Gasteiger charge is -2.59. The van der Waals surface area contributed by atoms with Crippen LogP contribution in [0.1, 0.15) is 52.4 Å². The van der Waals surface area contributed by atoms with Crippen molar-refractivity contribution in [3.05, 3.63) is 23.8 Å². The molecule has 0 aromatic heterocycles. The van der Waals surface area contributed by atoms with E-state index in [9.17, 15) is 10.2 Å². The second kappa shape index (κ2) is 4.93. The third-order valence-corrected chi connectivity index (χ3v) is 8.02. The topological polar surface area (TPSA) is 49.7 Å². The number of ether oxygens (including phenoxy) is 1. The molecule has 4 aliphatic rings. The first-order valence-electron chi connectivity index (χ1n) is 9.18. The van der Waals surface area contributed by atoms with Crippen molar-refractivity contribution in [2.45, 2.75) is 64.3 Å². The average molecular weight is 318 g/mol. The molecular weight excluding hydrogens is 288 g/mol. The smallest absolute Gasteiger partial charge is 0.168 e. The first-order valence-corrected chi connectivity index (χ1v) is 9.18. The third-order valence-electron chi connectivity index (χ3n) is 8.02. The van der Waals surface area contributed by atoms with Crippen LogP contribution in [-0.2, 0) is 4.74 Å². The highest BCUT2D eigenvalue weighted by molar-refractivity contribution is 5.33. The van der Waals surface area contributed by atoms with Gasteiger partial charge in [0.15, 0.2) is 5.79 Å². The maximum absolute atomic E-state index is 10.6. The minimum atomic E-state index is -1.51. The highest BCUT2D eigenvalue weighted by Gasteiger charge is 2.65. The normalized spacial score (nSPS) is 50.7. The Labute approximate surface area is 139 Å². The molecule has 3 fully saturated rings. The van der Waals surface area contributed by atoms with Crippen molar-refractivity contribution in [3.63, 3.8) is 0 Å². The Morgan fingerprint density at radius 1 is 1.13 bits per heavy atom. The molecule has 0 radical (unpaired) electrons. The molecule has 0 aromatic rings. The number of aliphatic hydroxyl groups is 2. The largest absolute Gasteiger partial charge is 0.381 e. The van der Waals surface area contributed by atoms with Gasteiger partial charge in [-0.05, 0) is 49.9 Å². The van der Waals surface area contributed by atoms with E-state index in [1.807, 2.05) is 7.11 Å². The summed E-state index contributed by atoms with van der Waals surface area (Å²) < 4.78 is 5.95. The zero-order valence-corrected chi connectivity index (χ0v) is 14.6. The van der Waals surface area contributed by atoms with Gasteiger partial charge in [-0.2, -0.15) is 0 Å². The molecule has 128 valence electrons. The zero-order valence-electron chi connectivity index (χ0n) is 14.6. The monoisotopic (exact) mass is 318 g/mol. The first-order chi connectivity index (χ1) is 10.8. The fourth-order valence-electron chi connectivity index (χ4n) is 6.52. The third kappa shape index (κ3) is 1.93. The van der Waals surface area contributed by atoms with E-state index in [0.717, 1.165) is 32.1 Å². The molecule has 0 amide bonds. The summed E-state index contributed by atoms with van der Waals surface area (Å²) in [6.45, 7) is 4.48. The molecule has 0 aromatic carbocycles. The molecule has 0 spiro atoms. The summed E-state index contributed by atoms with van der Waals surface area (Å²) in [7, 11) is 1.83. The van der Waals surface area contributed by atoms with Crippen LogP contribution in [0.5, 0.6) is 0 Å². The van der Waals surface area contributed by atoms with E-state index in [0.29, 0.717) is 24.2 Å². The average Bonchev–Trinajstić information content (AvgIpc) is 2.76. The van der Waals surface area contributed by atoms with Crippen molar-refractivity contribution in [1.82, 2.24) is 0 Å². The van der Waals surface area contributed by atoms with E-state index >= 15 is 0 Å². The highest BCUT2D eigenvalue weighted by Crippen LogP contribution is 2.66. The Bertz CT molecular complexity index is 563. The van der Waals surface area contributed by atoms with Crippen LogP contribution < -0.4 is 0 Å². The van der Waals surface area contributed by atoms with E-state index in [1.54, 1.807) is 0 Å². The van der Waals surface area contributed by atoms with Crippen LogP contribution in [0.3, 0.4) is 0 Å². The van der Waals surface area contributed by atoms with Gasteiger partial charge in [0.05, 0.1) is 6.10 Å². The van der Waals surface area contributed by atoms with Gasteiger partial charge in [-0.15, -0.1) is 0 Å². The lowest BCUT2D eigenvalue weighted by molar-refractivity contribution is -0.252. The van der Waals surface area contributed by atoms with E-state index in [1.165, 1.54) is 5.57 Å². The van der Waals surface area contributed by atoms with E-state index < -0.39 is 5.79 Å². The molecule has 1 unspecified atom stereocenters. The standard InChI is InChI=1S/C20H30O3/c1-18-9-5-4-6-13(18)12-16(23-3)17-14(18)7-10-19(2)15(17)8-11-20(19,21)22/h5-6,9,14-17,21-22H,4,7-8,10-12H2,1-3H3/t14-,15+,16?,17-,18+,19+/m1/s1. The highest BCUT2D eigenvalue weighted by atomic mass is 16.5. The van der Waals surface area contributed by atoms with E-state index in [4.69, 9.17) is 4.74 Å². The number of hydrogen-bond acceptors (Lipinski definition) is 3. The van der Waals surface area contributed by atoms with Crippen LogP contribution in [0.25, 0.3) is 0 Å². The minimum Gasteiger partial charge on any atom is -0.381 e. The van der Waals surface area contributed by atoms with Gasteiger partial charge >= 0.3 is 0 Å². The quantitative estimate of drug-likeness (QED) is 0.575. The van der Waals surface area contributed by atoms with Crippen molar-refractivity contribution in [3.8, 4) is 0 Å². The summed E-state index contributed by atoms with van der Waals surface area (Å²) in [5, 5.41) is 21.2. The van der Waals surface area contributed by atoms with Crippen LogP contribution >= 0.6 is 0 Å². The van der Waals surface area contributed by atoms with Gasteiger partial charge in [-0.1, -0.05) is 37.6 Å². The Morgan fingerprint density at radius 3 is 2.61 bits per heavy atom. The molecule has 0 bridgehead atoms. The van der Waals surface area contributed by atoms with Crippen molar-refractivity contribution >= 4 is 0 Å². The molecule has 4 aliphatic carbocycles. The van der Waals surface area contributed by atoms with Crippen molar-refractivity contribution in [2.75, 3.05) is 7.11 Å². The second-order valence-corrected chi connectivity index (χ2v) is 8.73. The zero-order chi connectivity index (χ0) is 16.5. The summed E-state index contributed by atoms with van der Waals surface area (Å²) in [4.78, 5) is 0. The first kappa shape index (κ1) is 15.9. The molecule has 4 rings (SSSR count). The molecule has 3 heteroatoms. The number of hydrogen-bond donors (Lipinski definition) is 2. The van der Waals surface area contributed by atoms with Gasteiger partial charge in [0.1, 0.15) is 0 Å². The van der Waals surface area contributed by atoms with E-state index in [-0.39, 0.29) is 16.9 Å². The van der Waals surface area contributed by atoms with Crippen LogP contribution in [0.2, 0.25) is 0 Å². The molecule has 3 saturated carbocycles. The fraction of sp³-hybridized carbons (Fsp3) is 0.800. The summed E-state index contributed by atoms with van der Waals surface area (Å²) in [6.07, 6.45) is 12.7. The maximum atomic E-state index is 10.6. The Hall–Kier alpha value is -0.640.